The van der Waals surface area contributed by atoms with Crippen molar-refractivity contribution in [3.63, 3.8) is 0 Å². The molecule has 2 atom stereocenters. The molecule has 1 saturated heterocycles. The molecule has 1 aliphatic heterocycles. The summed E-state index contributed by atoms with van der Waals surface area (Å²) >= 11 is 0. The van der Waals surface area contributed by atoms with Crippen molar-refractivity contribution < 1.29 is 9.59 Å². The Labute approximate surface area is 103 Å². The molecule has 0 aromatic heterocycles. The maximum Gasteiger partial charge on any atom is 0.224 e. The van der Waals surface area contributed by atoms with Crippen LogP contribution in [0.15, 0.2) is 0 Å². The van der Waals surface area contributed by atoms with Crippen molar-refractivity contribution in [2.24, 2.45) is 0 Å². The molecule has 5 nitrogen and oxygen atoms in total. The van der Waals surface area contributed by atoms with Gasteiger partial charge in [0.1, 0.15) is 6.04 Å². The summed E-state index contributed by atoms with van der Waals surface area (Å²) in [6, 6.07) is 0.250. The van der Waals surface area contributed by atoms with Crippen LogP contribution in [0.4, 0.5) is 0 Å². The zero-order valence-corrected chi connectivity index (χ0v) is 11.0. The van der Waals surface area contributed by atoms with E-state index in [4.69, 9.17) is 0 Å². The Bertz CT molecular complexity index is 270. The minimum Gasteiger partial charge on any atom is -0.317 e. The first kappa shape index (κ1) is 14.1. The third kappa shape index (κ3) is 3.78. The summed E-state index contributed by atoms with van der Waals surface area (Å²) < 4.78 is 0. The van der Waals surface area contributed by atoms with Gasteiger partial charge in [-0.25, -0.2) is 5.01 Å². The lowest BCUT2D eigenvalue weighted by molar-refractivity contribution is -0.140. The standard InChI is InChI=1S/C12H23N3O2/c1-10(13-3)5-4-7-14-8-6-12(11(2)17)15(14)9-16/h9-10,12-13H,4-8H2,1-3H3. The molecule has 17 heavy (non-hydrogen) atoms. The first-order chi connectivity index (χ1) is 8.10. The first-order valence-electron chi connectivity index (χ1n) is 6.26. The van der Waals surface area contributed by atoms with Gasteiger partial charge in [0.15, 0.2) is 5.78 Å². The van der Waals surface area contributed by atoms with Crippen molar-refractivity contribution in [2.75, 3.05) is 20.1 Å². The second-order valence-electron chi connectivity index (χ2n) is 4.69. The Hall–Kier alpha value is -0.940. The highest BCUT2D eigenvalue weighted by molar-refractivity contribution is 5.83. The number of rotatable bonds is 7. The van der Waals surface area contributed by atoms with Gasteiger partial charge in [-0.15, -0.1) is 0 Å². The molecule has 98 valence electrons. The molecule has 0 aromatic rings. The minimum atomic E-state index is -0.241. The van der Waals surface area contributed by atoms with Gasteiger partial charge in [0.25, 0.3) is 0 Å². The number of hydrogen-bond acceptors (Lipinski definition) is 4. The van der Waals surface area contributed by atoms with Gasteiger partial charge in [-0.3, -0.25) is 14.6 Å². The number of amides is 1. The van der Waals surface area contributed by atoms with Gasteiger partial charge < -0.3 is 5.32 Å². The van der Waals surface area contributed by atoms with E-state index in [9.17, 15) is 9.59 Å². The van der Waals surface area contributed by atoms with E-state index in [0.29, 0.717) is 6.04 Å². The van der Waals surface area contributed by atoms with Gasteiger partial charge in [-0.2, -0.15) is 0 Å². The summed E-state index contributed by atoms with van der Waals surface area (Å²) in [6.07, 6.45) is 3.64. The fourth-order valence-corrected chi connectivity index (χ4v) is 2.20. The van der Waals surface area contributed by atoms with Gasteiger partial charge in [-0.1, -0.05) is 0 Å². The summed E-state index contributed by atoms with van der Waals surface area (Å²) in [6.45, 7) is 5.33. The lowest BCUT2D eigenvalue weighted by Crippen LogP contribution is -2.43. The summed E-state index contributed by atoms with van der Waals surface area (Å²) in [4.78, 5) is 22.4. The SMILES string of the molecule is CNC(C)CCCN1CCC(C(C)=O)N1C=O. The molecule has 0 bridgehead atoms. The van der Waals surface area contributed by atoms with Crippen LogP contribution in [0.2, 0.25) is 0 Å². The van der Waals surface area contributed by atoms with E-state index >= 15 is 0 Å². The predicted molar refractivity (Wildman–Crippen MR) is 66.3 cm³/mol. The van der Waals surface area contributed by atoms with Crippen LogP contribution in [0, 0.1) is 0 Å². The van der Waals surface area contributed by atoms with Crippen molar-refractivity contribution in [1.82, 2.24) is 15.3 Å². The van der Waals surface area contributed by atoms with Crippen LogP contribution >= 0.6 is 0 Å². The zero-order valence-electron chi connectivity index (χ0n) is 11.0. The molecular weight excluding hydrogens is 218 g/mol. The molecule has 1 N–H and O–H groups in total. The monoisotopic (exact) mass is 241 g/mol. The van der Waals surface area contributed by atoms with E-state index in [0.717, 1.165) is 38.8 Å². The topological polar surface area (TPSA) is 52.7 Å². The van der Waals surface area contributed by atoms with E-state index in [1.807, 2.05) is 12.1 Å². The van der Waals surface area contributed by atoms with E-state index in [1.165, 1.54) is 0 Å². The van der Waals surface area contributed by atoms with Crippen LogP contribution in [0.5, 0.6) is 0 Å². The van der Waals surface area contributed by atoms with Crippen LogP contribution in [-0.2, 0) is 9.59 Å². The highest BCUT2D eigenvalue weighted by atomic mass is 16.2. The molecule has 0 spiro atoms. The second kappa shape index (κ2) is 6.71. The molecule has 2 unspecified atom stereocenters. The number of ketones is 1. The van der Waals surface area contributed by atoms with E-state index in [2.05, 4.69) is 12.2 Å². The molecule has 1 amide bonds. The zero-order chi connectivity index (χ0) is 12.8. The van der Waals surface area contributed by atoms with Gasteiger partial charge in [0.05, 0.1) is 0 Å². The third-order valence-corrected chi connectivity index (χ3v) is 3.43. The molecule has 0 saturated carbocycles. The molecule has 0 radical (unpaired) electrons. The smallest absolute Gasteiger partial charge is 0.224 e. The van der Waals surface area contributed by atoms with Crippen LogP contribution in [0.25, 0.3) is 0 Å². The largest absolute Gasteiger partial charge is 0.317 e. The van der Waals surface area contributed by atoms with Gasteiger partial charge in [0.2, 0.25) is 6.41 Å². The Morgan fingerprint density at radius 1 is 1.59 bits per heavy atom. The first-order valence-corrected chi connectivity index (χ1v) is 6.26. The highest BCUT2D eigenvalue weighted by Gasteiger charge is 2.32. The van der Waals surface area contributed by atoms with Crippen molar-refractivity contribution in [3.05, 3.63) is 0 Å². The lowest BCUT2D eigenvalue weighted by atomic mass is 10.1. The van der Waals surface area contributed by atoms with E-state index in [-0.39, 0.29) is 11.8 Å². The summed E-state index contributed by atoms with van der Waals surface area (Å²) in [5.74, 6) is 0.0724. The van der Waals surface area contributed by atoms with Crippen molar-refractivity contribution in [2.45, 2.75) is 45.2 Å². The molecule has 0 aromatic carbocycles. The summed E-state index contributed by atoms with van der Waals surface area (Å²) in [5, 5.41) is 6.74. The fraction of sp³-hybridized carbons (Fsp3) is 0.833. The Balaban J connectivity index is 2.39. The van der Waals surface area contributed by atoms with Crippen LogP contribution in [-0.4, -0.2) is 54.4 Å². The Morgan fingerprint density at radius 3 is 2.82 bits per heavy atom. The van der Waals surface area contributed by atoms with E-state index < -0.39 is 0 Å². The highest BCUT2D eigenvalue weighted by Crippen LogP contribution is 2.18. The van der Waals surface area contributed by atoms with Crippen LogP contribution < -0.4 is 5.32 Å². The van der Waals surface area contributed by atoms with Gasteiger partial charge >= 0.3 is 0 Å². The quantitative estimate of drug-likeness (QED) is 0.656. The third-order valence-electron chi connectivity index (χ3n) is 3.43. The number of carbonyl (C=O) groups excluding carboxylic acids is 2. The lowest BCUT2D eigenvalue weighted by Gasteiger charge is -2.27. The Morgan fingerprint density at radius 2 is 2.29 bits per heavy atom. The molecule has 1 rings (SSSR count). The Kier molecular flexibility index (Phi) is 5.58. The number of carbonyl (C=O) groups is 2. The van der Waals surface area contributed by atoms with Crippen molar-refractivity contribution >= 4 is 12.2 Å². The number of Topliss-reactive ketones (excluding diaryl/α,β-unsaturated/α-hetero) is 1. The van der Waals surface area contributed by atoms with Gasteiger partial charge in [0, 0.05) is 19.1 Å². The normalized spacial score (nSPS) is 22.8. The second-order valence-corrected chi connectivity index (χ2v) is 4.69. The fourth-order valence-electron chi connectivity index (χ4n) is 2.20. The number of hydrogen-bond donors (Lipinski definition) is 1. The maximum atomic E-state index is 11.4. The molecule has 1 fully saturated rings. The average Bonchev–Trinajstić information content (AvgIpc) is 2.71. The summed E-state index contributed by atoms with van der Waals surface area (Å²) in [5.41, 5.74) is 0. The van der Waals surface area contributed by atoms with Crippen molar-refractivity contribution in [1.29, 1.82) is 0 Å². The number of nitrogens with one attached hydrogen (secondary N) is 1. The number of nitrogens with zero attached hydrogens (tertiary/aromatic N) is 2. The molecular formula is C12H23N3O2. The maximum absolute atomic E-state index is 11.4. The predicted octanol–water partition coefficient (Wildman–Crippen LogP) is 0.411. The molecule has 1 heterocycles. The minimum absolute atomic E-state index is 0.0724. The van der Waals surface area contributed by atoms with E-state index in [1.54, 1.807) is 11.9 Å². The molecule has 5 heteroatoms. The van der Waals surface area contributed by atoms with Crippen molar-refractivity contribution in [3.8, 4) is 0 Å². The summed E-state index contributed by atoms with van der Waals surface area (Å²) in [7, 11) is 1.95. The molecule has 1 aliphatic rings. The average molecular weight is 241 g/mol. The molecule has 0 aliphatic carbocycles. The van der Waals surface area contributed by atoms with Crippen LogP contribution in [0.3, 0.4) is 0 Å². The van der Waals surface area contributed by atoms with Crippen LogP contribution in [0.1, 0.15) is 33.1 Å². The number of hydrazine groups is 1. The van der Waals surface area contributed by atoms with Gasteiger partial charge in [-0.05, 0) is 40.2 Å².